The van der Waals surface area contributed by atoms with Crippen molar-refractivity contribution in [2.45, 2.75) is 64.5 Å². The van der Waals surface area contributed by atoms with Crippen LogP contribution in [-0.2, 0) is 0 Å². The van der Waals surface area contributed by atoms with E-state index in [1.807, 2.05) is 0 Å². The molecular formula is C16H30N2. The van der Waals surface area contributed by atoms with Crippen molar-refractivity contribution >= 4 is 0 Å². The molecule has 104 valence electrons. The van der Waals surface area contributed by atoms with Crippen LogP contribution in [0.2, 0.25) is 0 Å². The van der Waals surface area contributed by atoms with Gasteiger partial charge in [0.1, 0.15) is 0 Å². The van der Waals surface area contributed by atoms with E-state index >= 15 is 0 Å². The molecule has 0 radical (unpaired) electrons. The predicted molar refractivity (Wildman–Crippen MR) is 76.7 cm³/mol. The molecule has 0 saturated carbocycles. The van der Waals surface area contributed by atoms with Crippen LogP contribution in [0.5, 0.6) is 0 Å². The van der Waals surface area contributed by atoms with E-state index in [-0.39, 0.29) is 0 Å². The van der Waals surface area contributed by atoms with Crippen molar-refractivity contribution in [3.63, 3.8) is 0 Å². The molecule has 4 atom stereocenters. The maximum Gasteiger partial charge on any atom is 0.0111 e. The second-order valence-electron chi connectivity index (χ2n) is 7.28. The van der Waals surface area contributed by atoms with E-state index in [1.54, 1.807) is 0 Å². The minimum Gasteiger partial charge on any atom is -0.311 e. The molecule has 3 fully saturated rings. The van der Waals surface area contributed by atoms with Crippen LogP contribution in [-0.4, -0.2) is 36.6 Å². The van der Waals surface area contributed by atoms with E-state index in [0.717, 1.165) is 29.8 Å². The van der Waals surface area contributed by atoms with E-state index in [4.69, 9.17) is 0 Å². The lowest BCUT2D eigenvalue weighted by Gasteiger charge is -2.28. The summed E-state index contributed by atoms with van der Waals surface area (Å²) in [7, 11) is 0. The highest BCUT2D eigenvalue weighted by atomic mass is 15.1. The lowest BCUT2D eigenvalue weighted by Crippen LogP contribution is -2.36. The molecule has 18 heavy (non-hydrogen) atoms. The lowest BCUT2D eigenvalue weighted by molar-refractivity contribution is 0.213. The first-order valence-corrected chi connectivity index (χ1v) is 8.21. The van der Waals surface area contributed by atoms with E-state index in [9.17, 15) is 0 Å². The van der Waals surface area contributed by atoms with Crippen LogP contribution >= 0.6 is 0 Å². The molecule has 2 bridgehead atoms. The van der Waals surface area contributed by atoms with Crippen molar-refractivity contribution in [3.05, 3.63) is 0 Å². The van der Waals surface area contributed by atoms with Gasteiger partial charge in [0.05, 0.1) is 0 Å². The van der Waals surface area contributed by atoms with Gasteiger partial charge < -0.3 is 10.2 Å². The van der Waals surface area contributed by atoms with Crippen molar-refractivity contribution in [1.29, 1.82) is 0 Å². The van der Waals surface area contributed by atoms with E-state index < -0.39 is 0 Å². The Morgan fingerprint density at radius 1 is 1.11 bits per heavy atom. The van der Waals surface area contributed by atoms with E-state index in [0.29, 0.717) is 0 Å². The fourth-order valence-electron chi connectivity index (χ4n) is 4.50. The first kappa shape index (κ1) is 12.9. The SMILES string of the molecule is CC(C)C1CCCN(CC2CC3CCC2N3)CC1. The Balaban J connectivity index is 1.48. The molecule has 0 spiro atoms. The molecule has 2 heteroatoms. The van der Waals surface area contributed by atoms with Gasteiger partial charge in [-0.2, -0.15) is 0 Å². The molecule has 0 aromatic heterocycles. The summed E-state index contributed by atoms with van der Waals surface area (Å²) in [6.45, 7) is 8.90. The van der Waals surface area contributed by atoms with Gasteiger partial charge in [-0.25, -0.2) is 0 Å². The Morgan fingerprint density at radius 2 is 2.00 bits per heavy atom. The van der Waals surface area contributed by atoms with Gasteiger partial charge in [-0.1, -0.05) is 13.8 Å². The largest absolute Gasteiger partial charge is 0.311 e. The molecule has 3 heterocycles. The number of fused-ring (bicyclic) bond motifs is 2. The molecule has 3 aliphatic rings. The summed E-state index contributed by atoms with van der Waals surface area (Å²) in [6, 6.07) is 1.73. The molecule has 3 saturated heterocycles. The van der Waals surface area contributed by atoms with Crippen LogP contribution in [0.25, 0.3) is 0 Å². The van der Waals surface area contributed by atoms with Crippen molar-refractivity contribution in [1.82, 2.24) is 10.2 Å². The standard InChI is InChI=1S/C16H30N2/c1-12(2)13-4-3-8-18(9-7-13)11-14-10-15-5-6-16(14)17-15/h12-17H,3-11H2,1-2H3. The van der Waals surface area contributed by atoms with Crippen molar-refractivity contribution in [2.75, 3.05) is 19.6 Å². The molecular weight excluding hydrogens is 220 g/mol. The third kappa shape index (κ3) is 2.75. The van der Waals surface area contributed by atoms with Gasteiger partial charge in [-0.3, -0.25) is 0 Å². The van der Waals surface area contributed by atoms with Crippen LogP contribution < -0.4 is 5.32 Å². The number of hydrogen-bond donors (Lipinski definition) is 1. The van der Waals surface area contributed by atoms with Gasteiger partial charge in [0, 0.05) is 18.6 Å². The third-order valence-corrected chi connectivity index (χ3v) is 5.73. The second kappa shape index (κ2) is 5.50. The normalized spacial score (nSPS) is 41.5. The molecule has 1 N–H and O–H groups in total. The molecule has 2 nitrogen and oxygen atoms in total. The highest BCUT2D eigenvalue weighted by Crippen LogP contribution is 2.34. The maximum atomic E-state index is 3.78. The Kier molecular flexibility index (Phi) is 3.95. The zero-order valence-corrected chi connectivity index (χ0v) is 12.2. The summed E-state index contributed by atoms with van der Waals surface area (Å²) in [6.07, 6.45) is 8.66. The summed E-state index contributed by atoms with van der Waals surface area (Å²) >= 11 is 0. The fourth-order valence-corrected chi connectivity index (χ4v) is 4.50. The molecule has 3 rings (SSSR count). The summed E-state index contributed by atoms with van der Waals surface area (Å²) in [5, 5.41) is 3.78. The van der Waals surface area contributed by atoms with Crippen molar-refractivity contribution in [2.24, 2.45) is 17.8 Å². The predicted octanol–water partition coefficient (Wildman–Crippen LogP) is 2.89. The minimum absolute atomic E-state index is 0.860. The Labute approximate surface area is 113 Å². The number of likely N-dealkylation sites (tertiary alicyclic amines) is 1. The summed E-state index contributed by atoms with van der Waals surface area (Å²) in [4.78, 5) is 2.77. The first-order valence-electron chi connectivity index (χ1n) is 8.21. The zero-order chi connectivity index (χ0) is 12.5. The number of hydrogen-bond acceptors (Lipinski definition) is 2. The van der Waals surface area contributed by atoms with Crippen LogP contribution in [0.1, 0.15) is 52.4 Å². The molecule has 4 unspecified atom stereocenters. The van der Waals surface area contributed by atoms with Crippen LogP contribution in [0.3, 0.4) is 0 Å². The van der Waals surface area contributed by atoms with Gasteiger partial charge in [0.15, 0.2) is 0 Å². The molecule has 0 aromatic rings. The van der Waals surface area contributed by atoms with Gasteiger partial charge in [-0.05, 0) is 69.4 Å². The Bertz CT molecular complexity index is 276. The Hall–Kier alpha value is -0.0800. The zero-order valence-electron chi connectivity index (χ0n) is 12.2. The van der Waals surface area contributed by atoms with Crippen LogP contribution in [0, 0.1) is 17.8 Å². The van der Waals surface area contributed by atoms with Gasteiger partial charge in [0.25, 0.3) is 0 Å². The maximum absolute atomic E-state index is 3.78. The van der Waals surface area contributed by atoms with Crippen molar-refractivity contribution in [3.8, 4) is 0 Å². The number of nitrogens with one attached hydrogen (secondary N) is 1. The number of nitrogens with zero attached hydrogens (tertiary/aromatic N) is 1. The monoisotopic (exact) mass is 250 g/mol. The highest BCUT2D eigenvalue weighted by Gasteiger charge is 2.39. The lowest BCUT2D eigenvalue weighted by atomic mass is 9.88. The van der Waals surface area contributed by atoms with Gasteiger partial charge >= 0.3 is 0 Å². The van der Waals surface area contributed by atoms with Crippen molar-refractivity contribution < 1.29 is 0 Å². The smallest absolute Gasteiger partial charge is 0.0111 e. The van der Waals surface area contributed by atoms with Gasteiger partial charge in [-0.15, -0.1) is 0 Å². The first-order chi connectivity index (χ1) is 8.72. The summed E-state index contributed by atoms with van der Waals surface area (Å²) in [5.74, 6) is 2.82. The molecule has 0 aliphatic carbocycles. The minimum atomic E-state index is 0.860. The third-order valence-electron chi connectivity index (χ3n) is 5.73. The summed E-state index contributed by atoms with van der Waals surface area (Å²) in [5.41, 5.74) is 0. The van der Waals surface area contributed by atoms with E-state index in [1.165, 1.54) is 58.2 Å². The molecule has 0 amide bonds. The van der Waals surface area contributed by atoms with E-state index in [2.05, 4.69) is 24.1 Å². The number of rotatable bonds is 3. The van der Waals surface area contributed by atoms with Crippen LogP contribution in [0.15, 0.2) is 0 Å². The topological polar surface area (TPSA) is 15.3 Å². The second-order valence-corrected chi connectivity index (χ2v) is 7.28. The Morgan fingerprint density at radius 3 is 2.67 bits per heavy atom. The molecule has 0 aromatic carbocycles. The molecule has 3 aliphatic heterocycles. The quantitative estimate of drug-likeness (QED) is 0.828. The highest BCUT2D eigenvalue weighted by molar-refractivity contribution is 4.98. The summed E-state index contributed by atoms with van der Waals surface area (Å²) < 4.78 is 0. The average molecular weight is 250 g/mol. The fraction of sp³-hybridized carbons (Fsp3) is 1.00. The van der Waals surface area contributed by atoms with Crippen LogP contribution in [0.4, 0.5) is 0 Å². The van der Waals surface area contributed by atoms with Gasteiger partial charge in [0.2, 0.25) is 0 Å². The average Bonchev–Trinajstić information content (AvgIpc) is 2.86.